The van der Waals surface area contributed by atoms with E-state index in [4.69, 9.17) is 14.2 Å². The molecule has 0 saturated heterocycles. The van der Waals surface area contributed by atoms with Crippen LogP contribution in [0, 0.1) is 5.92 Å². The van der Waals surface area contributed by atoms with Crippen molar-refractivity contribution in [3.05, 3.63) is 42.4 Å². The number of aromatic nitrogens is 3. The molecule has 2 heterocycles. The smallest absolute Gasteiger partial charge is 0.317 e. The lowest BCUT2D eigenvalue weighted by Gasteiger charge is -2.33. The van der Waals surface area contributed by atoms with E-state index in [1.807, 2.05) is 18.2 Å². The van der Waals surface area contributed by atoms with Crippen molar-refractivity contribution in [2.45, 2.75) is 39.2 Å². The molecule has 1 aliphatic rings. The summed E-state index contributed by atoms with van der Waals surface area (Å²) in [5.74, 6) is 0.790. The summed E-state index contributed by atoms with van der Waals surface area (Å²) in [6.07, 6.45) is 4.68. The Balaban J connectivity index is 1.95. The summed E-state index contributed by atoms with van der Waals surface area (Å²) >= 11 is 0. The molecule has 1 N–H and O–H groups in total. The van der Waals surface area contributed by atoms with Gasteiger partial charge >= 0.3 is 5.97 Å². The van der Waals surface area contributed by atoms with Crippen molar-refractivity contribution in [2.75, 3.05) is 25.6 Å². The Hall–Kier alpha value is -3.03. The molecule has 1 aromatic heterocycles. The molecule has 0 spiro atoms. The van der Waals surface area contributed by atoms with E-state index in [1.165, 1.54) is 6.33 Å². The molecule has 2 atom stereocenters. The first-order chi connectivity index (χ1) is 14.1. The molecule has 0 radical (unpaired) electrons. The highest BCUT2D eigenvalue weighted by Crippen LogP contribution is 2.40. The monoisotopic (exact) mass is 400 g/mol. The van der Waals surface area contributed by atoms with Crippen molar-refractivity contribution in [3.63, 3.8) is 0 Å². The first kappa shape index (κ1) is 20.7. The van der Waals surface area contributed by atoms with Crippen LogP contribution in [-0.4, -0.2) is 41.1 Å². The predicted molar refractivity (Wildman–Crippen MR) is 109 cm³/mol. The molecule has 0 amide bonds. The minimum absolute atomic E-state index is 0.285. The number of carbonyl (C=O) groups is 1. The van der Waals surface area contributed by atoms with Gasteiger partial charge in [0.25, 0.3) is 0 Å². The average molecular weight is 400 g/mol. The highest BCUT2D eigenvalue weighted by Gasteiger charge is 2.40. The molecular weight excluding hydrogens is 372 g/mol. The van der Waals surface area contributed by atoms with E-state index in [0.717, 1.165) is 24.8 Å². The van der Waals surface area contributed by atoms with Crippen LogP contribution >= 0.6 is 0 Å². The Morgan fingerprint density at radius 2 is 2.10 bits per heavy atom. The molecule has 3 rings (SSSR count). The van der Waals surface area contributed by atoms with Crippen LogP contribution in [0.15, 0.2) is 36.8 Å². The largest absolute Gasteiger partial charge is 0.493 e. The molecule has 8 heteroatoms. The Morgan fingerprint density at radius 1 is 1.28 bits per heavy atom. The van der Waals surface area contributed by atoms with Crippen LogP contribution in [0.5, 0.6) is 11.5 Å². The van der Waals surface area contributed by atoms with Crippen LogP contribution in [0.2, 0.25) is 0 Å². The molecular formula is C21H28N4O4. The molecule has 156 valence electrons. The molecule has 0 aliphatic carbocycles. The van der Waals surface area contributed by atoms with Gasteiger partial charge in [0, 0.05) is 5.70 Å². The molecule has 0 saturated carbocycles. The Morgan fingerprint density at radius 3 is 2.83 bits per heavy atom. The van der Waals surface area contributed by atoms with Crippen molar-refractivity contribution >= 4 is 11.9 Å². The number of fused-ring (bicyclic) bond motifs is 1. The summed E-state index contributed by atoms with van der Waals surface area (Å²) in [6, 6.07) is 5.20. The Kier molecular flexibility index (Phi) is 6.74. The van der Waals surface area contributed by atoms with Crippen molar-refractivity contribution in [1.29, 1.82) is 0 Å². The highest BCUT2D eigenvalue weighted by molar-refractivity contribution is 5.79. The van der Waals surface area contributed by atoms with Gasteiger partial charge in [-0.25, -0.2) is 4.68 Å². The highest BCUT2D eigenvalue weighted by atomic mass is 16.5. The number of nitrogens with one attached hydrogen (secondary N) is 1. The number of hydrogen-bond acceptors (Lipinski definition) is 7. The first-order valence-electron chi connectivity index (χ1n) is 9.93. The maximum Gasteiger partial charge on any atom is 0.317 e. The van der Waals surface area contributed by atoms with Gasteiger partial charge in [-0.05, 0) is 31.0 Å². The number of methoxy groups -OCH3 is 1. The molecule has 0 fully saturated rings. The third-order valence-electron chi connectivity index (χ3n) is 4.88. The van der Waals surface area contributed by atoms with Gasteiger partial charge in [0.1, 0.15) is 12.2 Å². The minimum atomic E-state index is -0.648. The lowest BCUT2D eigenvalue weighted by molar-refractivity contribution is -0.147. The maximum absolute atomic E-state index is 12.7. The normalized spacial score (nSPS) is 18.0. The van der Waals surface area contributed by atoms with Gasteiger partial charge in [-0.1, -0.05) is 32.4 Å². The van der Waals surface area contributed by atoms with Gasteiger partial charge in [-0.15, -0.1) is 0 Å². The molecule has 8 nitrogen and oxygen atoms in total. The summed E-state index contributed by atoms with van der Waals surface area (Å²) in [5.41, 5.74) is 1.35. The van der Waals surface area contributed by atoms with Gasteiger partial charge in [-0.3, -0.25) is 4.79 Å². The van der Waals surface area contributed by atoms with Gasteiger partial charge in [0.15, 0.2) is 11.5 Å². The third-order valence-corrected chi connectivity index (χ3v) is 4.88. The van der Waals surface area contributed by atoms with Gasteiger partial charge in [-0.2, -0.15) is 10.1 Å². The maximum atomic E-state index is 12.7. The summed E-state index contributed by atoms with van der Waals surface area (Å²) < 4.78 is 18.4. The SMILES string of the molecule is C=C1Nc2ncnn2[C@H](c2ccc(OCCCCC)c(OC)c2)[C@H]1C(=O)OCC. The summed E-state index contributed by atoms with van der Waals surface area (Å²) in [4.78, 5) is 16.9. The van der Waals surface area contributed by atoms with Crippen molar-refractivity contribution in [3.8, 4) is 11.5 Å². The van der Waals surface area contributed by atoms with Crippen molar-refractivity contribution in [2.24, 2.45) is 5.92 Å². The molecule has 2 aromatic rings. The van der Waals surface area contributed by atoms with E-state index in [1.54, 1.807) is 18.7 Å². The van der Waals surface area contributed by atoms with Crippen LogP contribution < -0.4 is 14.8 Å². The van der Waals surface area contributed by atoms with Crippen LogP contribution in [0.4, 0.5) is 5.95 Å². The number of hydrogen-bond donors (Lipinski definition) is 1. The number of nitrogens with zero attached hydrogens (tertiary/aromatic N) is 3. The van der Waals surface area contributed by atoms with Gasteiger partial charge in [0.05, 0.1) is 26.4 Å². The fourth-order valence-corrected chi connectivity index (χ4v) is 3.45. The number of esters is 1. The minimum Gasteiger partial charge on any atom is -0.493 e. The van der Waals surface area contributed by atoms with E-state index >= 15 is 0 Å². The number of carbonyl (C=O) groups excluding carboxylic acids is 1. The quantitative estimate of drug-likeness (QED) is 0.509. The van der Waals surface area contributed by atoms with Crippen molar-refractivity contribution in [1.82, 2.24) is 14.8 Å². The second-order valence-electron chi connectivity index (χ2n) is 6.82. The van der Waals surface area contributed by atoms with E-state index < -0.39 is 12.0 Å². The number of rotatable bonds is 9. The van der Waals surface area contributed by atoms with Crippen LogP contribution in [0.25, 0.3) is 0 Å². The van der Waals surface area contributed by atoms with Crippen molar-refractivity contribution < 1.29 is 19.0 Å². The fraction of sp³-hybridized carbons (Fsp3) is 0.476. The summed E-state index contributed by atoms with van der Waals surface area (Å²) in [6.45, 7) is 8.87. The fourth-order valence-electron chi connectivity index (χ4n) is 3.45. The zero-order valence-electron chi connectivity index (χ0n) is 17.2. The standard InChI is InChI=1S/C21H28N4O4/c1-5-7-8-11-29-16-10-9-15(12-17(16)27-4)19-18(20(26)28-6-2)14(3)24-21-22-13-23-25(19)21/h9-10,12-13,18-19H,3,5-8,11H2,1-2,4H3,(H,22,23,24)/t18-,19+/m0/s1. The average Bonchev–Trinajstić information content (AvgIpc) is 3.18. The van der Waals surface area contributed by atoms with E-state index in [2.05, 4.69) is 28.9 Å². The van der Waals surface area contributed by atoms with Crippen LogP contribution in [-0.2, 0) is 9.53 Å². The van der Waals surface area contributed by atoms with E-state index in [9.17, 15) is 4.79 Å². The second-order valence-corrected chi connectivity index (χ2v) is 6.82. The zero-order valence-corrected chi connectivity index (χ0v) is 17.2. The number of benzene rings is 1. The van der Waals surface area contributed by atoms with Gasteiger partial charge in [0.2, 0.25) is 5.95 Å². The van der Waals surface area contributed by atoms with E-state index in [-0.39, 0.29) is 12.6 Å². The zero-order chi connectivity index (χ0) is 20.8. The molecule has 1 aromatic carbocycles. The lowest BCUT2D eigenvalue weighted by Crippen LogP contribution is -2.37. The topological polar surface area (TPSA) is 87.5 Å². The number of unbranched alkanes of at least 4 members (excludes halogenated alkanes) is 2. The Labute approximate surface area is 170 Å². The predicted octanol–water partition coefficient (Wildman–Crippen LogP) is 3.56. The third kappa shape index (κ3) is 4.36. The number of ether oxygens (including phenoxy) is 3. The summed E-state index contributed by atoms with van der Waals surface area (Å²) in [5, 5.41) is 7.36. The van der Waals surface area contributed by atoms with Crippen LogP contribution in [0.3, 0.4) is 0 Å². The van der Waals surface area contributed by atoms with Crippen LogP contribution in [0.1, 0.15) is 44.7 Å². The molecule has 0 bridgehead atoms. The lowest BCUT2D eigenvalue weighted by atomic mass is 9.89. The second kappa shape index (κ2) is 9.45. The Bertz CT molecular complexity index is 864. The molecule has 1 aliphatic heterocycles. The number of anilines is 1. The molecule has 0 unspecified atom stereocenters. The van der Waals surface area contributed by atoms with Gasteiger partial charge < -0.3 is 19.5 Å². The first-order valence-corrected chi connectivity index (χ1v) is 9.93. The summed E-state index contributed by atoms with van der Waals surface area (Å²) in [7, 11) is 1.60. The van der Waals surface area contributed by atoms with E-state index in [0.29, 0.717) is 29.8 Å². The molecule has 29 heavy (non-hydrogen) atoms.